The fraction of sp³-hybridized carbons (Fsp3) is 0.182. The number of nitrogens with one attached hydrogen (secondary N) is 1. The van der Waals surface area contributed by atoms with E-state index in [-0.39, 0.29) is 6.79 Å². The van der Waals surface area contributed by atoms with Gasteiger partial charge in [0.2, 0.25) is 6.79 Å². The Morgan fingerprint density at radius 1 is 1.04 bits per heavy atom. The molecule has 0 fully saturated rings. The minimum Gasteiger partial charge on any atom is -0.454 e. The SMILES string of the molecule is Cc1ccc2c(-c3ccc4c(c3)OCO4)cnc(NCc3nccn3C)c2c1. The summed E-state index contributed by atoms with van der Waals surface area (Å²) in [5.74, 6) is 3.37. The molecule has 3 heterocycles. The summed E-state index contributed by atoms with van der Waals surface area (Å²) in [6.45, 7) is 2.98. The summed E-state index contributed by atoms with van der Waals surface area (Å²) in [4.78, 5) is 9.10. The van der Waals surface area contributed by atoms with Gasteiger partial charge in [0, 0.05) is 36.6 Å². The van der Waals surface area contributed by atoms with E-state index in [1.165, 1.54) is 5.56 Å². The van der Waals surface area contributed by atoms with Crippen molar-refractivity contribution < 1.29 is 9.47 Å². The minimum atomic E-state index is 0.271. The van der Waals surface area contributed by atoms with Gasteiger partial charge in [-0.05, 0) is 36.1 Å². The molecule has 0 unspecified atom stereocenters. The molecule has 2 aromatic carbocycles. The number of hydrogen-bond acceptors (Lipinski definition) is 5. The Kier molecular flexibility index (Phi) is 3.90. The van der Waals surface area contributed by atoms with E-state index in [4.69, 9.17) is 14.5 Å². The van der Waals surface area contributed by atoms with E-state index in [0.29, 0.717) is 6.54 Å². The quantitative estimate of drug-likeness (QED) is 0.579. The molecular weight excluding hydrogens is 352 g/mol. The molecule has 0 spiro atoms. The van der Waals surface area contributed by atoms with Gasteiger partial charge >= 0.3 is 0 Å². The molecule has 0 atom stereocenters. The Morgan fingerprint density at radius 3 is 2.79 bits per heavy atom. The standard InChI is InChI=1S/C22H20N4O2/c1-14-3-5-16-17(9-14)22(25-12-21-23-7-8-26(21)2)24-11-18(16)15-4-6-19-20(10-15)28-13-27-19/h3-11H,12-13H2,1-2H3,(H,24,25). The Bertz CT molecular complexity index is 1180. The van der Waals surface area contributed by atoms with Crippen LogP contribution in [0.3, 0.4) is 0 Å². The lowest BCUT2D eigenvalue weighted by atomic mass is 9.99. The molecule has 0 radical (unpaired) electrons. The summed E-state index contributed by atoms with van der Waals surface area (Å²) in [7, 11) is 1.99. The Morgan fingerprint density at radius 2 is 1.93 bits per heavy atom. The molecule has 6 heteroatoms. The summed E-state index contributed by atoms with van der Waals surface area (Å²) in [5.41, 5.74) is 3.31. The lowest BCUT2D eigenvalue weighted by Gasteiger charge is -2.13. The molecule has 0 bridgehead atoms. The zero-order valence-electron chi connectivity index (χ0n) is 15.8. The first kappa shape index (κ1) is 16.6. The second-order valence-corrected chi connectivity index (χ2v) is 6.95. The molecule has 1 aliphatic heterocycles. The number of hydrogen-bond donors (Lipinski definition) is 1. The fourth-order valence-electron chi connectivity index (χ4n) is 3.52. The zero-order chi connectivity index (χ0) is 19.1. The Hall–Kier alpha value is -3.54. The van der Waals surface area contributed by atoms with Crippen molar-refractivity contribution >= 4 is 16.6 Å². The molecule has 28 heavy (non-hydrogen) atoms. The van der Waals surface area contributed by atoms with Crippen LogP contribution in [0.2, 0.25) is 0 Å². The Balaban J connectivity index is 1.57. The van der Waals surface area contributed by atoms with Gasteiger partial charge in [0.1, 0.15) is 11.6 Å². The topological polar surface area (TPSA) is 61.2 Å². The predicted molar refractivity (Wildman–Crippen MR) is 109 cm³/mol. The number of pyridine rings is 1. The van der Waals surface area contributed by atoms with Gasteiger partial charge in [0.25, 0.3) is 0 Å². The van der Waals surface area contributed by atoms with E-state index in [9.17, 15) is 0 Å². The highest BCUT2D eigenvalue weighted by Crippen LogP contribution is 2.39. The van der Waals surface area contributed by atoms with Crippen LogP contribution in [0.1, 0.15) is 11.4 Å². The van der Waals surface area contributed by atoms with E-state index in [1.807, 2.05) is 42.2 Å². The highest BCUT2D eigenvalue weighted by atomic mass is 16.7. The molecule has 2 aromatic heterocycles. The molecule has 6 nitrogen and oxygen atoms in total. The lowest BCUT2D eigenvalue weighted by Crippen LogP contribution is -2.07. The third-order valence-electron chi connectivity index (χ3n) is 5.06. The molecule has 1 aliphatic rings. The number of ether oxygens (including phenoxy) is 2. The maximum absolute atomic E-state index is 5.54. The first-order chi connectivity index (χ1) is 13.7. The fourth-order valence-corrected chi connectivity index (χ4v) is 3.52. The van der Waals surface area contributed by atoms with Gasteiger partial charge < -0.3 is 19.4 Å². The van der Waals surface area contributed by atoms with Crippen molar-refractivity contribution in [2.45, 2.75) is 13.5 Å². The maximum atomic E-state index is 5.54. The third-order valence-corrected chi connectivity index (χ3v) is 5.06. The van der Waals surface area contributed by atoms with Crippen LogP contribution in [0.4, 0.5) is 5.82 Å². The van der Waals surface area contributed by atoms with Gasteiger partial charge in [-0.25, -0.2) is 9.97 Å². The van der Waals surface area contributed by atoms with Crippen LogP contribution >= 0.6 is 0 Å². The number of anilines is 1. The minimum absolute atomic E-state index is 0.271. The van der Waals surface area contributed by atoms with Crippen molar-refractivity contribution in [1.29, 1.82) is 0 Å². The average Bonchev–Trinajstić information content (AvgIpc) is 3.34. The molecule has 0 saturated heterocycles. The maximum Gasteiger partial charge on any atom is 0.231 e. The molecular formula is C22H20N4O2. The van der Waals surface area contributed by atoms with Crippen molar-refractivity contribution in [3.05, 3.63) is 66.4 Å². The van der Waals surface area contributed by atoms with E-state index >= 15 is 0 Å². The smallest absolute Gasteiger partial charge is 0.231 e. The van der Waals surface area contributed by atoms with Crippen LogP contribution in [0.5, 0.6) is 11.5 Å². The van der Waals surface area contributed by atoms with Gasteiger partial charge in [-0.3, -0.25) is 0 Å². The lowest BCUT2D eigenvalue weighted by molar-refractivity contribution is 0.174. The summed E-state index contributed by atoms with van der Waals surface area (Å²) in [6, 6.07) is 12.5. The van der Waals surface area contributed by atoms with Gasteiger partial charge in [-0.1, -0.05) is 23.8 Å². The number of nitrogens with zero attached hydrogens (tertiary/aromatic N) is 3. The van der Waals surface area contributed by atoms with Crippen molar-refractivity contribution in [2.24, 2.45) is 7.05 Å². The van der Waals surface area contributed by atoms with Crippen LogP contribution in [-0.4, -0.2) is 21.3 Å². The number of imidazole rings is 1. The molecule has 5 rings (SSSR count). The molecule has 1 N–H and O–H groups in total. The number of benzene rings is 2. The van der Waals surface area contributed by atoms with Crippen molar-refractivity contribution in [2.75, 3.05) is 12.1 Å². The largest absolute Gasteiger partial charge is 0.454 e. The first-order valence-corrected chi connectivity index (χ1v) is 9.18. The summed E-state index contributed by atoms with van der Waals surface area (Å²) < 4.78 is 13.0. The highest BCUT2D eigenvalue weighted by Gasteiger charge is 2.16. The predicted octanol–water partition coefficient (Wildman–Crippen LogP) is 4.28. The summed E-state index contributed by atoms with van der Waals surface area (Å²) >= 11 is 0. The summed E-state index contributed by atoms with van der Waals surface area (Å²) in [5, 5.41) is 5.67. The second kappa shape index (κ2) is 6.56. The zero-order valence-corrected chi connectivity index (χ0v) is 15.8. The highest BCUT2D eigenvalue weighted by molar-refractivity contribution is 6.02. The van der Waals surface area contributed by atoms with E-state index < -0.39 is 0 Å². The number of aromatic nitrogens is 3. The average molecular weight is 372 g/mol. The van der Waals surface area contributed by atoms with Gasteiger partial charge in [0.05, 0.1) is 6.54 Å². The van der Waals surface area contributed by atoms with E-state index in [2.05, 4.69) is 35.4 Å². The molecule has 0 aliphatic carbocycles. The van der Waals surface area contributed by atoms with Crippen LogP contribution in [0.15, 0.2) is 55.0 Å². The van der Waals surface area contributed by atoms with Gasteiger partial charge in [-0.2, -0.15) is 0 Å². The molecule has 0 saturated carbocycles. The van der Waals surface area contributed by atoms with Crippen molar-refractivity contribution in [1.82, 2.24) is 14.5 Å². The normalized spacial score (nSPS) is 12.5. The summed E-state index contributed by atoms with van der Waals surface area (Å²) in [6.07, 6.45) is 5.65. The van der Waals surface area contributed by atoms with Gasteiger partial charge in [0.15, 0.2) is 11.5 Å². The van der Waals surface area contributed by atoms with Crippen LogP contribution in [-0.2, 0) is 13.6 Å². The van der Waals surface area contributed by atoms with Crippen LogP contribution < -0.4 is 14.8 Å². The first-order valence-electron chi connectivity index (χ1n) is 9.18. The second-order valence-electron chi connectivity index (χ2n) is 6.95. The number of rotatable bonds is 4. The van der Waals surface area contributed by atoms with Gasteiger partial charge in [-0.15, -0.1) is 0 Å². The van der Waals surface area contributed by atoms with Crippen molar-refractivity contribution in [3.63, 3.8) is 0 Å². The van der Waals surface area contributed by atoms with E-state index in [0.717, 1.165) is 45.0 Å². The molecule has 4 aromatic rings. The number of fused-ring (bicyclic) bond motifs is 2. The molecule has 140 valence electrons. The third kappa shape index (κ3) is 2.83. The Labute approximate surface area is 162 Å². The van der Waals surface area contributed by atoms with Crippen molar-refractivity contribution in [3.8, 4) is 22.6 Å². The van der Waals surface area contributed by atoms with Crippen LogP contribution in [0, 0.1) is 6.92 Å². The monoisotopic (exact) mass is 372 g/mol. The van der Waals surface area contributed by atoms with Crippen LogP contribution in [0.25, 0.3) is 21.9 Å². The number of aryl methyl sites for hydroxylation is 2. The van der Waals surface area contributed by atoms with E-state index in [1.54, 1.807) is 6.20 Å². The molecule has 0 amide bonds.